The van der Waals surface area contributed by atoms with Crippen molar-refractivity contribution in [2.75, 3.05) is 14.2 Å². The molecule has 0 amide bonds. The minimum atomic E-state index is 0.578. The molecule has 0 spiro atoms. The van der Waals surface area contributed by atoms with Gasteiger partial charge >= 0.3 is 0 Å². The first kappa shape index (κ1) is 33.9. The number of ether oxygens (including phenoxy) is 2. The van der Waals surface area contributed by atoms with Crippen molar-refractivity contribution in [1.82, 2.24) is 19.9 Å². The quantitative estimate of drug-likeness (QED) is 0.143. The van der Waals surface area contributed by atoms with Gasteiger partial charge in [0.1, 0.15) is 11.5 Å². The van der Waals surface area contributed by atoms with Gasteiger partial charge in [0.25, 0.3) is 0 Å². The number of benzene rings is 4. The summed E-state index contributed by atoms with van der Waals surface area (Å²) in [6, 6.07) is 50.7. The molecule has 1 aliphatic heterocycles. The standard InChI is InChI=1S/C48H34N6O2/c1-50-34-14-8-31(9-15-34)46-39-22-26-43(53-39)47(32-10-16-35(55-2)17-11-32)41-24-20-37(51-41)45(30-6-4-29(28-49)5-7-30)38-21-25-42(52-38)48(44-27-23-40(46)54-44)33-12-18-36(56-3)19-13-33/h4-27,51-54H,2-3H3. The Kier molecular flexibility index (Phi) is 8.55. The molecular weight excluding hydrogens is 693 g/mol. The maximum absolute atomic E-state index is 9.61. The maximum atomic E-state index is 9.61. The first-order valence-electron chi connectivity index (χ1n) is 18.1. The molecule has 56 heavy (non-hydrogen) atoms. The van der Waals surface area contributed by atoms with Gasteiger partial charge in [0.2, 0.25) is 0 Å². The van der Waals surface area contributed by atoms with Gasteiger partial charge in [-0.2, -0.15) is 5.26 Å². The highest BCUT2D eigenvalue weighted by molar-refractivity contribution is 5.85. The number of fused-ring (bicyclic) bond motifs is 8. The van der Waals surface area contributed by atoms with E-state index in [9.17, 15) is 5.26 Å². The van der Waals surface area contributed by atoms with Gasteiger partial charge in [-0.15, -0.1) is 0 Å². The third kappa shape index (κ3) is 6.08. The molecule has 0 atom stereocenters. The van der Waals surface area contributed by atoms with E-state index < -0.39 is 0 Å². The average Bonchev–Trinajstić information content (AvgIpc) is 4.10. The Hall–Kier alpha value is -7.94. The average molecular weight is 727 g/mol. The van der Waals surface area contributed by atoms with Crippen LogP contribution in [0.25, 0.3) is 27.1 Å². The van der Waals surface area contributed by atoms with Crippen LogP contribution in [0.5, 0.6) is 11.5 Å². The van der Waals surface area contributed by atoms with Crippen molar-refractivity contribution in [3.63, 3.8) is 0 Å². The lowest BCUT2D eigenvalue weighted by Crippen LogP contribution is -2.19. The number of aromatic nitrogens is 4. The summed E-state index contributed by atoms with van der Waals surface area (Å²) in [4.78, 5) is 18.8. The zero-order chi connectivity index (χ0) is 38.2. The molecule has 4 aromatic heterocycles. The van der Waals surface area contributed by atoms with Gasteiger partial charge < -0.3 is 29.4 Å². The van der Waals surface area contributed by atoms with Crippen LogP contribution in [0.2, 0.25) is 0 Å². The summed E-state index contributed by atoms with van der Waals surface area (Å²) in [6.07, 6.45) is 0. The molecule has 8 bridgehead atoms. The Morgan fingerprint density at radius 2 is 0.750 bits per heavy atom. The third-order valence-electron chi connectivity index (χ3n) is 10.2. The van der Waals surface area contributed by atoms with Crippen molar-refractivity contribution in [2.24, 2.45) is 0 Å². The molecule has 268 valence electrons. The molecule has 8 nitrogen and oxygen atoms in total. The molecule has 0 radical (unpaired) electrons. The van der Waals surface area contributed by atoms with Crippen LogP contribution in [0.3, 0.4) is 0 Å². The van der Waals surface area contributed by atoms with Crippen LogP contribution in [0.4, 0.5) is 5.69 Å². The molecule has 5 heterocycles. The number of hydrogen-bond acceptors (Lipinski definition) is 3. The summed E-state index contributed by atoms with van der Waals surface area (Å²) >= 11 is 0. The van der Waals surface area contributed by atoms with Gasteiger partial charge in [-0.1, -0.05) is 60.7 Å². The SMILES string of the molecule is [C-]#[N+]c1ccc(C2=c3ccc([nH]3)=C(c3ccc(OC)cc3)c3ccc([nH]3)C(c3ccc(C#N)cc3)=c3ccc([nH]3)=C(c3ccc(OC)cc3)c3ccc2[nH]3)cc1. The van der Waals surface area contributed by atoms with Crippen LogP contribution >= 0.6 is 0 Å². The van der Waals surface area contributed by atoms with Crippen molar-refractivity contribution in [1.29, 1.82) is 5.26 Å². The number of rotatable bonds is 6. The van der Waals surface area contributed by atoms with Crippen molar-refractivity contribution in [3.05, 3.63) is 229 Å². The van der Waals surface area contributed by atoms with Crippen LogP contribution in [0.1, 0.15) is 50.6 Å². The van der Waals surface area contributed by atoms with Crippen LogP contribution in [0, 0.1) is 17.9 Å². The van der Waals surface area contributed by atoms with Crippen molar-refractivity contribution in [3.8, 4) is 17.6 Å². The lowest BCUT2D eigenvalue weighted by Gasteiger charge is -2.10. The van der Waals surface area contributed by atoms with Crippen molar-refractivity contribution in [2.45, 2.75) is 0 Å². The van der Waals surface area contributed by atoms with E-state index in [0.717, 1.165) is 100 Å². The number of aromatic amines is 4. The van der Waals surface area contributed by atoms with Gasteiger partial charge in [-0.05, 0) is 107 Å². The predicted octanol–water partition coefficient (Wildman–Crippen LogP) is 6.74. The fourth-order valence-corrected chi connectivity index (χ4v) is 7.50. The summed E-state index contributed by atoms with van der Waals surface area (Å²) in [5.41, 5.74) is 12.6. The normalized spacial score (nSPS) is 12.3. The highest BCUT2D eigenvalue weighted by atomic mass is 16.5. The second kappa shape index (κ2) is 14.1. The molecule has 0 saturated carbocycles. The van der Waals surface area contributed by atoms with E-state index in [-0.39, 0.29) is 0 Å². The topological polar surface area (TPSA) is 110 Å². The molecule has 8 heteroatoms. The second-order valence-corrected chi connectivity index (χ2v) is 13.4. The third-order valence-corrected chi connectivity index (χ3v) is 10.2. The molecular formula is C48H34N6O2. The number of nitrogens with one attached hydrogen (secondary N) is 4. The maximum Gasteiger partial charge on any atom is 0.187 e. The Morgan fingerprint density at radius 1 is 0.429 bits per heavy atom. The molecule has 0 fully saturated rings. The highest BCUT2D eigenvalue weighted by Gasteiger charge is 2.18. The zero-order valence-corrected chi connectivity index (χ0v) is 30.6. The zero-order valence-electron chi connectivity index (χ0n) is 30.6. The predicted molar refractivity (Wildman–Crippen MR) is 218 cm³/mol. The van der Waals surface area contributed by atoms with Gasteiger partial charge in [0, 0.05) is 66.5 Å². The lowest BCUT2D eigenvalue weighted by molar-refractivity contribution is 0.414. The van der Waals surface area contributed by atoms with Gasteiger partial charge in [0.15, 0.2) is 5.69 Å². The minimum absolute atomic E-state index is 0.578. The van der Waals surface area contributed by atoms with Crippen LogP contribution < -0.4 is 30.9 Å². The van der Waals surface area contributed by atoms with E-state index in [1.807, 2.05) is 72.8 Å². The Bertz CT molecular complexity index is 2870. The van der Waals surface area contributed by atoms with Gasteiger partial charge in [-0.25, -0.2) is 4.85 Å². The molecule has 9 rings (SSSR count). The number of H-pyrrole nitrogens is 4. The van der Waals surface area contributed by atoms with E-state index in [0.29, 0.717) is 11.3 Å². The largest absolute Gasteiger partial charge is 0.497 e. The van der Waals surface area contributed by atoms with E-state index in [1.165, 1.54) is 0 Å². The Balaban J connectivity index is 1.41. The highest BCUT2D eigenvalue weighted by Crippen LogP contribution is 2.29. The van der Waals surface area contributed by atoms with E-state index in [4.69, 9.17) is 16.0 Å². The van der Waals surface area contributed by atoms with E-state index >= 15 is 0 Å². The summed E-state index contributed by atoms with van der Waals surface area (Å²) < 4.78 is 11.0. The summed E-state index contributed by atoms with van der Waals surface area (Å²) in [7, 11) is 3.34. The minimum Gasteiger partial charge on any atom is -0.497 e. The molecule has 8 aromatic rings. The summed E-state index contributed by atoms with van der Waals surface area (Å²) in [5.74, 6) is 1.54. The molecule has 4 aromatic carbocycles. The molecule has 0 saturated heterocycles. The smallest absolute Gasteiger partial charge is 0.187 e. The van der Waals surface area contributed by atoms with Crippen LogP contribution in [-0.4, -0.2) is 34.2 Å². The monoisotopic (exact) mass is 726 g/mol. The molecule has 4 N–H and O–H groups in total. The fourth-order valence-electron chi connectivity index (χ4n) is 7.50. The Morgan fingerprint density at radius 3 is 1.05 bits per heavy atom. The second-order valence-electron chi connectivity index (χ2n) is 13.4. The number of hydrogen-bond donors (Lipinski definition) is 4. The fraction of sp³-hybridized carbons (Fsp3) is 0.0417. The first-order valence-corrected chi connectivity index (χ1v) is 18.1. The van der Waals surface area contributed by atoms with Gasteiger partial charge in [-0.3, -0.25) is 0 Å². The number of nitrogens with zero attached hydrogens (tertiary/aromatic N) is 2. The van der Waals surface area contributed by atoms with E-state index in [1.54, 1.807) is 14.2 Å². The summed E-state index contributed by atoms with van der Waals surface area (Å²) in [6.45, 7) is 7.56. The van der Waals surface area contributed by atoms with Gasteiger partial charge in [0.05, 0.1) is 32.4 Å². The molecule has 0 unspecified atom stereocenters. The molecule has 1 aliphatic rings. The summed E-state index contributed by atoms with van der Waals surface area (Å²) in [5, 5.41) is 13.3. The Labute approximate surface area is 322 Å². The lowest BCUT2D eigenvalue weighted by atomic mass is 10.0. The van der Waals surface area contributed by atoms with Crippen LogP contribution in [-0.2, 0) is 0 Å². The van der Waals surface area contributed by atoms with Crippen molar-refractivity contribution < 1.29 is 9.47 Å². The first-order chi connectivity index (χ1) is 27.5. The van der Waals surface area contributed by atoms with Crippen molar-refractivity contribution >= 4 is 28.0 Å². The van der Waals surface area contributed by atoms with Crippen LogP contribution in [0.15, 0.2) is 146 Å². The number of methoxy groups -OCH3 is 2. The molecule has 0 aliphatic carbocycles. The number of nitriles is 1. The van der Waals surface area contributed by atoms with E-state index in [2.05, 4.69) is 104 Å².